The van der Waals surface area contributed by atoms with Crippen LogP contribution in [-0.4, -0.2) is 28.5 Å². The van der Waals surface area contributed by atoms with E-state index in [1.165, 1.54) is 11.8 Å². The number of carbonyl (C=O) groups is 1. The molecule has 0 bridgehead atoms. The zero-order chi connectivity index (χ0) is 13.6. The SMILES string of the molecule is CCOC(=O)c1nnc(SCCC(C)(C)C#N)o1. The van der Waals surface area contributed by atoms with Gasteiger partial charge in [-0.3, -0.25) is 0 Å². The number of esters is 1. The summed E-state index contributed by atoms with van der Waals surface area (Å²) < 4.78 is 9.86. The van der Waals surface area contributed by atoms with Crippen LogP contribution in [0.25, 0.3) is 0 Å². The van der Waals surface area contributed by atoms with Crippen LogP contribution in [-0.2, 0) is 4.74 Å². The molecule has 1 heterocycles. The molecule has 0 N–H and O–H groups in total. The molecule has 1 rings (SSSR count). The van der Waals surface area contributed by atoms with E-state index in [1.807, 2.05) is 13.8 Å². The average molecular weight is 269 g/mol. The summed E-state index contributed by atoms with van der Waals surface area (Å²) in [5, 5.41) is 16.5. The van der Waals surface area contributed by atoms with Gasteiger partial charge in [0.05, 0.1) is 18.1 Å². The molecular formula is C11H15N3O3S. The maximum absolute atomic E-state index is 11.3. The monoisotopic (exact) mass is 269 g/mol. The Bertz CT molecular complexity index is 451. The highest BCUT2D eigenvalue weighted by Crippen LogP contribution is 2.25. The molecule has 0 unspecified atom stereocenters. The van der Waals surface area contributed by atoms with Crippen molar-refractivity contribution in [2.24, 2.45) is 5.41 Å². The standard InChI is InChI=1S/C11H15N3O3S/c1-4-16-9(15)8-13-14-10(17-8)18-6-5-11(2,3)7-12/h4-6H2,1-3H3. The van der Waals surface area contributed by atoms with Gasteiger partial charge in [-0.05, 0) is 27.2 Å². The van der Waals surface area contributed by atoms with Gasteiger partial charge < -0.3 is 9.15 Å². The largest absolute Gasteiger partial charge is 0.459 e. The molecule has 0 aliphatic heterocycles. The summed E-state index contributed by atoms with van der Waals surface area (Å²) in [6.07, 6.45) is 0.700. The predicted octanol–water partition coefficient (Wildman–Crippen LogP) is 2.28. The van der Waals surface area contributed by atoms with Crippen LogP contribution >= 0.6 is 11.8 Å². The van der Waals surface area contributed by atoms with Gasteiger partial charge in [-0.15, -0.1) is 5.10 Å². The maximum atomic E-state index is 11.3. The van der Waals surface area contributed by atoms with Crippen LogP contribution < -0.4 is 0 Å². The minimum absolute atomic E-state index is 0.140. The zero-order valence-corrected chi connectivity index (χ0v) is 11.4. The molecule has 98 valence electrons. The van der Waals surface area contributed by atoms with Gasteiger partial charge in [0.25, 0.3) is 5.22 Å². The molecule has 6 nitrogen and oxygen atoms in total. The minimum atomic E-state index is -0.616. The summed E-state index contributed by atoms with van der Waals surface area (Å²) in [7, 11) is 0. The Morgan fingerprint density at radius 3 is 2.89 bits per heavy atom. The molecule has 1 aromatic rings. The first kappa shape index (κ1) is 14.5. The number of carbonyl (C=O) groups excluding carboxylic acids is 1. The normalized spacial score (nSPS) is 11.0. The van der Waals surface area contributed by atoms with Crippen molar-refractivity contribution in [3.8, 4) is 6.07 Å². The van der Waals surface area contributed by atoms with Crippen molar-refractivity contribution >= 4 is 17.7 Å². The lowest BCUT2D eigenvalue weighted by molar-refractivity contribution is 0.0475. The molecule has 18 heavy (non-hydrogen) atoms. The van der Waals surface area contributed by atoms with Crippen LogP contribution in [0.3, 0.4) is 0 Å². The van der Waals surface area contributed by atoms with Crippen LogP contribution in [0.2, 0.25) is 0 Å². The predicted molar refractivity (Wildman–Crippen MR) is 65.0 cm³/mol. The van der Waals surface area contributed by atoms with E-state index in [1.54, 1.807) is 6.92 Å². The Kier molecular flexibility index (Phi) is 5.16. The first-order valence-electron chi connectivity index (χ1n) is 5.53. The van der Waals surface area contributed by atoms with Gasteiger partial charge in [0.2, 0.25) is 0 Å². The fourth-order valence-corrected chi connectivity index (χ4v) is 2.02. The van der Waals surface area contributed by atoms with Gasteiger partial charge in [-0.1, -0.05) is 16.9 Å². The topological polar surface area (TPSA) is 89.0 Å². The summed E-state index contributed by atoms with van der Waals surface area (Å²) in [4.78, 5) is 11.3. The van der Waals surface area contributed by atoms with Gasteiger partial charge in [-0.25, -0.2) is 4.79 Å². The van der Waals surface area contributed by atoms with Crippen molar-refractivity contribution in [1.82, 2.24) is 10.2 Å². The summed E-state index contributed by atoms with van der Waals surface area (Å²) in [5.41, 5.74) is -0.378. The summed E-state index contributed by atoms with van der Waals surface area (Å²) in [5.74, 6) is -0.0847. The van der Waals surface area contributed by atoms with E-state index in [-0.39, 0.29) is 17.9 Å². The lowest BCUT2D eigenvalue weighted by atomic mass is 9.93. The Balaban J connectivity index is 2.46. The Labute approximate surface area is 110 Å². The second-order valence-corrected chi connectivity index (χ2v) is 5.23. The Morgan fingerprint density at radius 1 is 1.56 bits per heavy atom. The fourth-order valence-electron chi connectivity index (χ4n) is 0.993. The number of hydrogen-bond acceptors (Lipinski definition) is 7. The highest BCUT2D eigenvalue weighted by Gasteiger charge is 2.19. The molecule has 0 atom stereocenters. The van der Waals surface area contributed by atoms with Gasteiger partial charge >= 0.3 is 11.9 Å². The zero-order valence-electron chi connectivity index (χ0n) is 10.6. The second-order valence-electron chi connectivity index (χ2n) is 4.19. The molecule has 0 aliphatic rings. The number of nitriles is 1. The smallest absolute Gasteiger partial charge is 0.396 e. The summed E-state index contributed by atoms with van der Waals surface area (Å²) in [6.45, 7) is 5.70. The molecule has 0 aromatic carbocycles. The van der Waals surface area contributed by atoms with Crippen molar-refractivity contribution in [1.29, 1.82) is 5.26 Å². The van der Waals surface area contributed by atoms with Gasteiger partial charge in [-0.2, -0.15) is 5.26 Å². The Morgan fingerprint density at radius 2 is 2.28 bits per heavy atom. The number of thioether (sulfide) groups is 1. The molecule has 7 heteroatoms. The van der Waals surface area contributed by atoms with Crippen LogP contribution in [0.5, 0.6) is 0 Å². The van der Waals surface area contributed by atoms with E-state index in [4.69, 9.17) is 14.4 Å². The summed E-state index contributed by atoms with van der Waals surface area (Å²) in [6, 6.07) is 2.21. The van der Waals surface area contributed by atoms with Crippen molar-refractivity contribution in [3.63, 3.8) is 0 Å². The molecular weight excluding hydrogens is 254 g/mol. The van der Waals surface area contributed by atoms with Crippen molar-refractivity contribution in [3.05, 3.63) is 5.89 Å². The van der Waals surface area contributed by atoms with E-state index < -0.39 is 5.97 Å². The fraction of sp³-hybridized carbons (Fsp3) is 0.636. The number of aromatic nitrogens is 2. The third-order valence-corrected chi connectivity index (χ3v) is 2.93. The average Bonchev–Trinajstić information content (AvgIpc) is 2.78. The third-order valence-electron chi connectivity index (χ3n) is 2.11. The molecule has 0 amide bonds. The molecule has 0 radical (unpaired) electrons. The maximum Gasteiger partial charge on any atom is 0.396 e. The highest BCUT2D eigenvalue weighted by atomic mass is 32.2. The van der Waals surface area contributed by atoms with Gasteiger partial charge in [0, 0.05) is 5.75 Å². The van der Waals surface area contributed by atoms with E-state index in [9.17, 15) is 4.79 Å². The molecule has 0 saturated carbocycles. The number of ether oxygens (including phenoxy) is 1. The molecule has 0 aliphatic carbocycles. The van der Waals surface area contributed by atoms with E-state index in [0.717, 1.165) is 0 Å². The molecule has 0 fully saturated rings. The van der Waals surface area contributed by atoms with Crippen LogP contribution in [0.15, 0.2) is 9.64 Å². The third kappa shape index (κ3) is 4.37. The van der Waals surface area contributed by atoms with Gasteiger partial charge in [0.15, 0.2) is 0 Å². The highest BCUT2D eigenvalue weighted by molar-refractivity contribution is 7.99. The van der Waals surface area contributed by atoms with Crippen molar-refractivity contribution in [2.75, 3.05) is 12.4 Å². The summed E-state index contributed by atoms with van der Waals surface area (Å²) >= 11 is 1.32. The second kappa shape index (κ2) is 6.40. The van der Waals surface area contributed by atoms with Crippen molar-refractivity contribution in [2.45, 2.75) is 32.4 Å². The van der Waals surface area contributed by atoms with Gasteiger partial charge in [0.1, 0.15) is 0 Å². The van der Waals surface area contributed by atoms with Crippen LogP contribution in [0, 0.1) is 16.7 Å². The van der Waals surface area contributed by atoms with Crippen LogP contribution in [0.4, 0.5) is 0 Å². The van der Waals surface area contributed by atoms with E-state index in [0.29, 0.717) is 17.4 Å². The Hall–Kier alpha value is -1.55. The lowest BCUT2D eigenvalue weighted by Crippen LogP contribution is -2.08. The quantitative estimate of drug-likeness (QED) is 0.578. The van der Waals surface area contributed by atoms with E-state index in [2.05, 4.69) is 16.3 Å². The molecule has 0 spiro atoms. The van der Waals surface area contributed by atoms with Crippen LogP contribution in [0.1, 0.15) is 37.9 Å². The number of rotatable bonds is 6. The first-order chi connectivity index (χ1) is 8.48. The van der Waals surface area contributed by atoms with Crippen molar-refractivity contribution < 1.29 is 13.9 Å². The first-order valence-corrected chi connectivity index (χ1v) is 6.52. The lowest BCUT2D eigenvalue weighted by Gasteiger charge is -2.12. The molecule has 1 aromatic heterocycles. The molecule has 0 saturated heterocycles. The number of nitrogens with zero attached hydrogens (tertiary/aromatic N) is 3. The van der Waals surface area contributed by atoms with E-state index >= 15 is 0 Å². The number of hydrogen-bond donors (Lipinski definition) is 0. The minimum Gasteiger partial charge on any atom is -0.459 e.